The predicted molar refractivity (Wildman–Crippen MR) is 118 cm³/mol. The number of hydrogen-bond acceptors (Lipinski definition) is 6. The van der Waals surface area contributed by atoms with Gasteiger partial charge in [-0.15, -0.1) is 0 Å². The molecule has 2 N–H and O–H groups in total. The van der Waals surface area contributed by atoms with Crippen LogP contribution < -0.4 is 10.6 Å². The molecular formula is C23H21F3N6O. The third-order valence-corrected chi connectivity index (χ3v) is 5.62. The van der Waals surface area contributed by atoms with Crippen LogP contribution in [0.15, 0.2) is 42.6 Å². The molecule has 3 heterocycles. The van der Waals surface area contributed by atoms with Crippen molar-refractivity contribution in [2.24, 2.45) is 0 Å². The summed E-state index contributed by atoms with van der Waals surface area (Å²) < 4.78 is 49.3. The van der Waals surface area contributed by atoms with E-state index in [4.69, 9.17) is 4.74 Å². The zero-order chi connectivity index (χ0) is 22.9. The van der Waals surface area contributed by atoms with E-state index in [-0.39, 0.29) is 12.0 Å². The van der Waals surface area contributed by atoms with Gasteiger partial charge in [-0.1, -0.05) is 18.2 Å². The Morgan fingerprint density at radius 3 is 2.45 bits per heavy atom. The first-order chi connectivity index (χ1) is 16.0. The summed E-state index contributed by atoms with van der Waals surface area (Å²) in [4.78, 5) is 13.5. The van der Waals surface area contributed by atoms with E-state index >= 15 is 0 Å². The molecule has 10 heteroatoms. The Morgan fingerprint density at radius 2 is 1.73 bits per heavy atom. The molecule has 0 radical (unpaired) electrons. The van der Waals surface area contributed by atoms with Crippen LogP contribution in [-0.2, 0) is 4.74 Å². The van der Waals surface area contributed by atoms with Gasteiger partial charge in [-0.3, -0.25) is 4.57 Å². The number of halogens is 3. The zero-order valence-corrected chi connectivity index (χ0v) is 17.8. The van der Waals surface area contributed by atoms with Gasteiger partial charge in [-0.2, -0.15) is 4.98 Å². The van der Waals surface area contributed by atoms with Gasteiger partial charge in [-0.25, -0.2) is 23.1 Å². The van der Waals surface area contributed by atoms with E-state index in [1.807, 2.05) is 35.8 Å². The number of nitrogens with zero attached hydrogens (tertiary/aromatic N) is 4. The van der Waals surface area contributed by atoms with Crippen molar-refractivity contribution in [3.8, 4) is 0 Å². The fraction of sp³-hybridized carbons (Fsp3) is 0.261. The van der Waals surface area contributed by atoms with E-state index in [0.29, 0.717) is 55.3 Å². The number of anilines is 4. The van der Waals surface area contributed by atoms with Crippen molar-refractivity contribution in [3.63, 3.8) is 0 Å². The number of nitrogens with one attached hydrogen (secondary N) is 2. The number of rotatable bonds is 5. The minimum absolute atomic E-state index is 0.0565. The molecule has 2 aromatic carbocycles. The van der Waals surface area contributed by atoms with Crippen molar-refractivity contribution >= 4 is 34.4 Å². The topological polar surface area (TPSA) is 76.9 Å². The lowest BCUT2D eigenvalue weighted by Gasteiger charge is -2.25. The van der Waals surface area contributed by atoms with Gasteiger partial charge in [0.2, 0.25) is 11.9 Å². The molecule has 0 aliphatic carbocycles. The molecule has 170 valence electrons. The minimum atomic E-state index is -1.05. The van der Waals surface area contributed by atoms with Crippen LogP contribution in [0, 0.1) is 24.4 Å². The lowest BCUT2D eigenvalue weighted by atomic mass is 10.1. The van der Waals surface area contributed by atoms with Gasteiger partial charge in [-0.05, 0) is 31.4 Å². The third kappa shape index (κ3) is 4.21. The summed E-state index contributed by atoms with van der Waals surface area (Å²) in [5, 5.41) is 5.92. The SMILES string of the molecule is Cc1ccccc1Nc1ncc2nc(Nc3c(F)cc(F)cc3F)n(C3CCOCC3)c2n1. The number of imidazole rings is 1. The Bertz CT molecular complexity index is 1300. The Labute approximate surface area is 187 Å². The molecule has 0 bridgehead atoms. The summed E-state index contributed by atoms with van der Waals surface area (Å²) in [5.41, 5.74) is 2.39. The van der Waals surface area contributed by atoms with Crippen molar-refractivity contribution in [3.05, 3.63) is 65.6 Å². The monoisotopic (exact) mass is 454 g/mol. The normalized spacial score (nSPS) is 14.5. The maximum Gasteiger partial charge on any atom is 0.229 e. The number of aromatic nitrogens is 4. The quantitative estimate of drug-likeness (QED) is 0.421. The van der Waals surface area contributed by atoms with E-state index in [0.717, 1.165) is 11.3 Å². The summed E-state index contributed by atoms with van der Waals surface area (Å²) in [5.74, 6) is -2.53. The van der Waals surface area contributed by atoms with Crippen LogP contribution in [-0.4, -0.2) is 32.7 Å². The van der Waals surface area contributed by atoms with Gasteiger partial charge in [0, 0.05) is 37.1 Å². The number of ether oxygens (including phenoxy) is 1. The molecule has 33 heavy (non-hydrogen) atoms. The highest BCUT2D eigenvalue weighted by Crippen LogP contribution is 2.33. The fourth-order valence-corrected chi connectivity index (χ4v) is 3.94. The molecule has 0 amide bonds. The first kappa shape index (κ1) is 21.2. The molecule has 1 fully saturated rings. The maximum atomic E-state index is 14.3. The van der Waals surface area contributed by atoms with Crippen LogP contribution in [0.4, 0.5) is 36.4 Å². The highest BCUT2D eigenvalue weighted by Gasteiger charge is 2.25. The molecule has 4 aromatic rings. The van der Waals surface area contributed by atoms with Gasteiger partial charge in [0.05, 0.1) is 6.20 Å². The van der Waals surface area contributed by atoms with E-state index in [2.05, 4.69) is 25.6 Å². The number of benzene rings is 2. The smallest absolute Gasteiger partial charge is 0.229 e. The zero-order valence-electron chi connectivity index (χ0n) is 17.8. The van der Waals surface area contributed by atoms with Crippen molar-refractivity contribution in [1.82, 2.24) is 19.5 Å². The highest BCUT2D eigenvalue weighted by molar-refractivity contribution is 5.77. The molecule has 1 aliphatic rings. The number of para-hydroxylation sites is 1. The van der Waals surface area contributed by atoms with Crippen LogP contribution in [0.25, 0.3) is 11.2 Å². The summed E-state index contributed by atoms with van der Waals surface area (Å²) in [6.07, 6.45) is 2.92. The minimum Gasteiger partial charge on any atom is -0.381 e. The van der Waals surface area contributed by atoms with E-state index in [9.17, 15) is 13.2 Å². The number of hydrogen-bond donors (Lipinski definition) is 2. The predicted octanol–water partition coefficient (Wildman–Crippen LogP) is 5.39. The molecule has 1 saturated heterocycles. The molecule has 1 aliphatic heterocycles. The third-order valence-electron chi connectivity index (χ3n) is 5.62. The Hall–Kier alpha value is -3.66. The van der Waals surface area contributed by atoms with Crippen molar-refractivity contribution < 1.29 is 17.9 Å². The molecule has 5 rings (SSSR count). The number of fused-ring (bicyclic) bond motifs is 1. The van der Waals surface area contributed by atoms with Crippen LogP contribution in [0.1, 0.15) is 24.4 Å². The van der Waals surface area contributed by atoms with Gasteiger partial charge in [0.1, 0.15) is 17.0 Å². The van der Waals surface area contributed by atoms with Crippen LogP contribution >= 0.6 is 0 Å². The molecule has 0 spiro atoms. The number of aryl methyl sites for hydroxylation is 1. The van der Waals surface area contributed by atoms with Crippen molar-refractivity contribution in [2.75, 3.05) is 23.8 Å². The second-order valence-corrected chi connectivity index (χ2v) is 7.86. The second-order valence-electron chi connectivity index (χ2n) is 7.86. The van der Waals surface area contributed by atoms with Crippen molar-refractivity contribution in [1.29, 1.82) is 0 Å². The Morgan fingerprint density at radius 1 is 1.00 bits per heavy atom. The molecule has 0 unspecified atom stereocenters. The lowest BCUT2D eigenvalue weighted by molar-refractivity contribution is 0.0710. The molecule has 2 aromatic heterocycles. The van der Waals surface area contributed by atoms with Crippen molar-refractivity contribution in [2.45, 2.75) is 25.8 Å². The van der Waals surface area contributed by atoms with E-state index in [1.54, 1.807) is 6.20 Å². The first-order valence-electron chi connectivity index (χ1n) is 10.6. The van der Waals surface area contributed by atoms with Crippen LogP contribution in [0.5, 0.6) is 0 Å². The maximum absolute atomic E-state index is 14.3. The summed E-state index contributed by atoms with van der Waals surface area (Å²) in [6, 6.07) is 8.93. The lowest BCUT2D eigenvalue weighted by Crippen LogP contribution is -2.21. The average molecular weight is 454 g/mol. The first-order valence-corrected chi connectivity index (χ1v) is 10.6. The van der Waals surface area contributed by atoms with Gasteiger partial charge < -0.3 is 15.4 Å². The average Bonchev–Trinajstić information content (AvgIpc) is 3.15. The Balaban J connectivity index is 1.59. The second kappa shape index (κ2) is 8.70. The highest BCUT2D eigenvalue weighted by atomic mass is 19.1. The van der Waals surface area contributed by atoms with Crippen LogP contribution in [0.2, 0.25) is 0 Å². The standard InChI is InChI=1S/C23H21F3N6O/c1-13-4-2-3-5-18(13)28-22-27-12-19-21(31-22)32(15-6-8-33-9-7-15)23(29-19)30-20-16(25)10-14(24)11-17(20)26/h2-5,10-12,15H,6-9H2,1H3,(H,29,30)(H,27,28,31). The largest absolute Gasteiger partial charge is 0.381 e. The van der Waals surface area contributed by atoms with Gasteiger partial charge in [0.15, 0.2) is 17.3 Å². The molecule has 0 atom stereocenters. The van der Waals surface area contributed by atoms with Gasteiger partial charge >= 0.3 is 0 Å². The molecule has 0 saturated carbocycles. The fourth-order valence-electron chi connectivity index (χ4n) is 3.94. The summed E-state index contributed by atoms with van der Waals surface area (Å²) >= 11 is 0. The van der Waals surface area contributed by atoms with Crippen LogP contribution in [0.3, 0.4) is 0 Å². The Kier molecular flexibility index (Phi) is 5.59. The molecule has 7 nitrogen and oxygen atoms in total. The van der Waals surface area contributed by atoms with Gasteiger partial charge in [0.25, 0.3) is 0 Å². The summed E-state index contributed by atoms with van der Waals surface area (Å²) in [7, 11) is 0. The van der Waals surface area contributed by atoms with E-state index in [1.165, 1.54) is 0 Å². The summed E-state index contributed by atoms with van der Waals surface area (Å²) in [6.45, 7) is 3.06. The van der Waals surface area contributed by atoms with E-state index < -0.39 is 23.1 Å². The molecular weight excluding hydrogens is 433 g/mol.